The zero-order valence-corrected chi connectivity index (χ0v) is 14.2. The van der Waals surface area contributed by atoms with E-state index in [0.717, 1.165) is 16.4 Å². The number of ether oxygens (including phenoxy) is 2. The predicted octanol–water partition coefficient (Wildman–Crippen LogP) is 2.82. The van der Waals surface area contributed by atoms with Crippen molar-refractivity contribution in [1.29, 1.82) is 0 Å². The van der Waals surface area contributed by atoms with E-state index in [2.05, 4.69) is 9.72 Å². The largest absolute Gasteiger partial charge is 0.573 e. The minimum absolute atomic E-state index is 0.0327. The molecular formula is C16H15F3N2O4S. The van der Waals surface area contributed by atoms with Crippen molar-refractivity contribution in [1.82, 2.24) is 9.29 Å². The molecule has 0 radical (unpaired) electrons. The van der Waals surface area contributed by atoms with Crippen molar-refractivity contribution in [2.45, 2.75) is 23.8 Å². The normalized spacial score (nSPS) is 18.7. The van der Waals surface area contributed by atoms with Gasteiger partial charge in [-0.05, 0) is 30.7 Å². The minimum atomic E-state index is -4.98. The standard InChI is InChI=1S/C16H15F3N2O4S/c17-16(18,19)25-14-3-1-2-4-15(14)26(22,23)21-10-7-13(11-21)24-12-5-8-20-9-6-12/h1-6,8-9,13H,7,10-11H2/t13-/m0/s1. The van der Waals surface area contributed by atoms with Crippen LogP contribution in [0, 0.1) is 0 Å². The molecule has 2 aromatic rings. The van der Waals surface area contributed by atoms with Crippen LogP contribution in [0.5, 0.6) is 11.5 Å². The smallest absolute Gasteiger partial charge is 0.489 e. The summed E-state index contributed by atoms with van der Waals surface area (Å²) in [4.78, 5) is 3.33. The fourth-order valence-corrected chi connectivity index (χ4v) is 4.23. The highest BCUT2D eigenvalue weighted by molar-refractivity contribution is 7.89. The molecule has 1 aromatic carbocycles. The first-order chi connectivity index (χ1) is 12.3. The summed E-state index contributed by atoms with van der Waals surface area (Å²) in [5, 5.41) is 0. The Kier molecular flexibility index (Phi) is 5.05. The van der Waals surface area contributed by atoms with Crippen LogP contribution in [-0.4, -0.2) is 43.3 Å². The number of sulfonamides is 1. The van der Waals surface area contributed by atoms with Crippen LogP contribution >= 0.6 is 0 Å². The van der Waals surface area contributed by atoms with E-state index in [4.69, 9.17) is 4.74 Å². The van der Waals surface area contributed by atoms with E-state index in [1.807, 2.05) is 0 Å². The number of pyridine rings is 1. The Morgan fingerprint density at radius 1 is 1.12 bits per heavy atom. The Balaban J connectivity index is 1.77. The van der Waals surface area contributed by atoms with Gasteiger partial charge in [0.15, 0.2) is 0 Å². The number of alkyl halides is 3. The molecule has 0 N–H and O–H groups in total. The van der Waals surface area contributed by atoms with Gasteiger partial charge in [0.2, 0.25) is 10.0 Å². The van der Waals surface area contributed by atoms with E-state index >= 15 is 0 Å². The Bertz CT molecular complexity index is 859. The Morgan fingerprint density at radius 3 is 2.50 bits per heavy atom. The molecular weight excluding hydrogens is 373 g/mol. The number of hydrogen-bond acceptors (Lipinski definition) is 5. The van der Waals surface area contributed by atoms with Gasteiger partial charge in [-0.15, -0.1) is 13.2 Å². The molecule has 1 aliphatic heterocycles. The highest BCUT2D eigenvalue weighted by atomic mass is 32.2. The monoisotopic (exact) mass is 388 g/mol. The van der Waals surface area contributed by atoms with Gasteiger partial charge in [0.25, 0.3) is 0 Å². The van der Waals surface area contributed by atoms with Gasteiger partial charge in [-0.3, -0.25) is 4.98 Å². The topological polar surface area (TPSA) is 68.7 Å². The van der Waals surface area contributed by atoms with Gasteiger partial charge in [0.05, 0.1) is 6.54 Å². The Morgan fingerprint density at radius 2 is 1.81 bits per heavy atom. The van der Waals surface area contributed by atoms with Crippen molar-refractivity contribution in [3.8, 4) is 11.5 Å². The quantitative estimate of drug-likeness (QED) is 0.788. The number of hydrogen-bond donors (Lipinski definition) is 0. The first-order valence-corrected chi connectivity index (χ1v) is 9.11. The lowest BCUT2D eigenvalue weighted by molar-refractivity contribution is -0.275. The van der Waals surface area contributed by atoms with Gasteiger partial charge >= 0.3 is 6.36 Å². The third-order valence-corrected chi connectivity index (χ3v) is 5.66. The van der Waals surface area contributed by atoms with Crippen molar-refractivity contribution in [2.24, 2.45) is 0 Å². The number of para-hydroxylation sites is 1. The van der Waals surface area contributed by atoms with E-state index in [-0.39, 0.29) is 13.1 Å². The maximum atomic E-state index is 12.8. The molecule has 26 heavy (non-hydrogen) atoms. The molecule has 0 bridgehead atoms. The maximum Gasteiger partial charge on any atom is 0.573 e. The maximum absolute atomic E-state index is 12.8. The van der Waals surface area contributed by atoms with Crippen molar-refractivity contribution >= 4 is 10.0 Å². The summed E-state index contributed by atoms with van der Waals surface area (Å²) < 4.78 is 73.8. The molecule has 1 aliphatic rings. The summed E-state index contributed by atoms with van der Waals surface area (Å²) in [6, 6.07) is 7.97. The van der Waals surface area contributed by atoms with Gasteiger partial charge in [0, 0.05) is 18.9 Å². The molecule has 1 aromatic heterocycles. The molecule has 1 fully saturated rings. The van der Waals surface area contributed by atoms with Crippen LogP contribution in [0.2, 0.25) is 0 Å². The molecule has 0 saturated carbocycles. The van der Waals surface area contributed by atoms with Crippen LogP contribution in [0.3, 0.4) is 0 Å². The second kappa shape index (κ2) is 7.12. The average molecular weight is 388 g/mol. The fraction of sp³-hybridized carbons (Fsp3) is 0.312. The Hall–Kier alpha value is -2.33. The zero-order valence-electron chi connectivity index (χ0n) is 13.4. The number of rotatable bonds is 5. The lowest BCUT2D eigenvalue weighted by Gasteiger charge is -2.19. The average Bonchev–Trinajstić information content (AvgIpc) is 3.04. The molecule has 0 amide bonds. The number of benzene rings is 1. The van der Waals surface area contributed by atoms with Crippen LogP contribution in [0.4, 0.5) is 13.2 Å². The molecule has 10 heteroatoms. The summed E-state index contributed by atoms with van der Waals surface area (Å²) in [5.74, 6) is -0.205. The zero-order chi connectivity index (χ0) is 18.8. The molecule has 0 spiro atoms. The van der Waals surface area contributed by atoms with Crippen LogP contribution < -0.4 is 9.47 Å². The lowest BCUT2D eigenvalue weighted by Crippen LogP contribution is -2.31. The van der Waals surface area contributed by atoms with E-state index in [9.17, 15) is 21.6 Å². The highest BCUT2D eigenvalue weighted by Crippen LogP contribution is 2.33. The predicted molar refractivity (Wildman–Crippen MR) is 85.2 cm³/mol. The summed E-state index contributed by atoms with van der Waals surface area (Å²) in [6.07, 6.45) is -1.87. The fourth-order valence-electron chi connectivity index (χ4n) is 2.63. The summed E-state index contributed by atoms with van der Waals surface area (Å²) in [5.41, 5.74) is 0. The first-order valence-electron chi connectivity index (χ1n) is 7.67. The summed E-state index contributed by atoms with van der Waals surface area (Å²) in [6.45, 7) is 0.170. The van der Waals surface area contributed by atoms with E-state index in [1.165, 1.54) is 12.1 Å². The third kappa shape index (κ3) is 4.25. The second-order valence-corrected chi connectivity index (χ2v) is 7.48. The molecule has 2 heterocycles. The van der Waals surface area contributed by atoms with E-state index in [1.54, 1.807) is 24.5 Å². The SMILES string of the molecule is O=S(=O)(c1ccccc1OC(F)(F)F)N1CC[C@H](Oc2ccncc2)C1. The first kappa shape index (κ1) is 18.5. The molecule has 0 aliphatic carbocycles. The van der Waals surface area contributed by atoms with Crippen LogP contribution in [0.15, 0.2) is 53.7 Å². The molecule has 140 valence electrons. The second-order valence-electron chi connectivity index (χ2n) is 5.57. The van der Waals surface area contributed by atoms with Gasteiger partial charge in [0.1, 0.15) is 22.5 Å². The van der Waals surface area contributed by atoms with Gasteiger partial charge in [-0.2, -0.15) is 4.31 Å². The van der Waals surface area contributed by atoms with Crippen LogP contribution in [0.1, 0.15) is 6.42 Å². The summed E-state index contributed by atoms with van der Waals surface area (Å²) in [7, 11) is -4.15. The number of aromatic nitrogens is 1. The molecule has 1 atom stereocenters. The van der Waals surface area contributed by atoms with Gasteiger partial charge < -0.3 is 9.47 Å². The van der Waals surface area contributed by atoms with E-state index in [0.29, 0.717) is 12.2 Å². The van der Waals surface area contributed by atoms with Crippen molar-refractivity contribution in [3.05, 3.63) is 48.8 Å². The van der Waals surface area contributed by atoms with Crippen LogP contribution in [0.25, 0.3) is 0 Å². The minimum Gasteiger partial charge on any atom is -0.489 e. The van der Waals surface area contributed by atoms with Crippen LogP contribution in [-0.2, 0) is 10.0 Å². The molecule has 3 rings (SSSR count). The van der Waals surface area contributed by atoms with Gasteiger partial charge in [-0.25, -0.2) is 8.42 Å². The third-order valence-electron chi connectivity index (χ3n) is 3.75. The number of halogens is 3. The van der Waals surface area contributed by atoms with E-state index < -0.39 is 33.1 Å². The van der Waals surface area contributed by atoms with Crippen molar-refractivity contribution < 1.29 is 31.1 Å². The summed E-state index contributed by atoms with van der Waals surface area (Å²) >= 11 is 0. The van der Waals surface area contributed by atoms with Crippen molar-refractivity contribution in [2.75, 3.05) is 13.1 Å². The highest BCUT2D eigenvalue weighted by Gasteiger charge is 2.38. The van der Waals surface area contributed by atoms with Crippen molar-refractivity contribution in [3.63, 3.8) is 0 Å². The molecule has 1 saturated heterocycles. The molecule has 0 unspecified atom stereocenters. The van der Waals surface area contributed by atoms with Gasteiger partial charge in [-0.1, -0.05) is 12.1 Å². The lowest BCUT2D eigenvalue weighted by atomic mass is 10.3. The Labute approximate surface area is 148 Å². The molecule has 6 nitrogen and oxygen atoms in total. The number of nitrogens with zero attached hydrogens (tertiary/aromatic N) is 2.